The topological polar surface area (TPSA) is 42.0 Å². The fourth-order valence-corrected chi connectivity index (χ4v) is 2.59. The monoisotopic (exact) mass is 344 g/mol. The molecule has 0 fully saturated rings. The van der Waals surface area contributed by atoms with E-state index < -0.39 is 5.95 Å². The predicted octanol–water partition coefficient (Wildman–Crippen LogP) is 4.39. The molecule has 0 aliphatic heterocycles. The highest BCUT2D eigenvalue weighted by molar-refractivity contribution is 9.10. The number of fused-ring (bicyclic) bond motifs is 1. The van der Waals surface area contributed by atoms with Gasteiger partial charge in [0, 0.05) is 33.4 Å². The molecule has 1 heterocycles. The summed E-state index contributed by atoms with van der Waals surface area (Å²) in [6, 6.07) is 14.0. The number of anilines is 1. The largest absolute Gasteiger partial charge is 0.321 e. The minimum atomic E-state index is -0.677. The van der Waals surface area contributed by atoms with Gasteiger partial charge in [-0.1, -0.05) is 40.2 Å². The molecule has 3 rings (SSSR count). The molecule has 3 aromatic rings. The number of benzene rings is 2. The van der Waals surface area contributed by atoms with Gasteiger partial charge in [-0.25, -0.2) is 4.98 Å². The Hall–Kier alpha value is -2.27. The van der Waals surface area contributed by atoms with Gasteiger partial charge in [-0.2, -0.15) is 4.39 Å². The van der Waals surface area contributed by atoms with Crippen LogP contribution in [0.3, 0.4) is 0 Å². The van der Waals surface area contributed by atoms with Gasteiger partial charge in [-0.05, 0) is 23.6 Å². The number of nitrogens with one attached hydrogen (secondary N) is 1. The van der Waals surface area contributed by atoms with Crippen molar-refractivity contribution >= 4 is 38.3 Å². The number of aromatic nitrogens is 1. The van der Waals surface area contributed by atoms with E-state index in [2.05, 4.69) is 26.2 Å². The Morgan fingerprint density at radius 3 is 2.62 bits per heavy atom. The number of carbonyl (C=O) groups is 1. The first-order chi connectivity index (χ1) is 10.1. The average Bonchev–Trinajstić information content (AvgIpc) is 2.50. The van der Waals surface area contributed by atoms with Crippen molar-refractivity contribution in [2.24, 2.45) is 0 Å². The van der Waals surface area contributed by atoms with Gasteiger partial charge in [-0.3, -0.25) is 4.79 Å². The maximum atomic E-state index is 13.1. The zero-order chi connectivity index (χ0) is 14.8. The van der Waals surface area contributed by atoms with Crippen molar-refractivity contribution in [3.8, 4) is 0 Å². The molecule has 104 valence electrons. The van der Waals surface area contributed by atoms with Crippen molar-refractivity contribution in [2.45, 2.75) is 0 Å². The fraction of sp³-hybridized carbons (Fsp3) is 0. The number of amides is 1. The lowest BCUT2D eigenvalue weighted by Gasteiger charge is -2.10. The van der Waals surface area contributed by atoms with Gasteiger partial charge in [0.05, 0.1) is 0 Å². The van der Waals surface area contributed by atoms with E-state index >= 15 is 0 Å². The smallest absolute Gasteiger partial charge is 0.255 e. The zero-order valence-electron chi connectivity index (χ0n) is 10.8. The molecule has 0 aliphatic carbocycles. The second-order valence-corrected chi connectivity index (χ2v) is 5.32. The van der Waals surface area contributed by atoms with Gasteiger partial charge >= 0.3 is 0 Å². The molecular weight excluding hydrogens is 335 g/mol. The third-order valence-corrected chi connectivity index (χ3v) is 3.80. The first kappa shape index (κ1) is 13.7. The first-order valence-electron chi connectivity index (χ1n) is 6.25. The van der Waals surface area contributed by atoms with Crippen molar-refractivity contribution in [1.29, 1.82) is 0 Å². The summed E-state index contributed by atoms with van der Waals surface area (Å²) in [4.78, 5) is 15.6. The van der Waals surface area contributed by atoms with Crippen LogP contribution in [0.2, 0.25) is 0 Å². The number of rotatable bonds is 2. The van der Waals surface area contributed by atoms with Crippen LogP contribution in [-0.4, -0.2) is 10.9 Å². The number of carbonyl (C=O) groups excluding carboxylic acids is 1. The molecule has 0 saturated heterocycles. The van der Waals surface area contributed by atoms with E-state index in [0.29, 0.717) is 5.69 Å². The summed E-state index contributed by atoms with van der Waals surface area (Å²) in [7, 11) is 0. The lowest BCUT2D eigenvalue weighted by atomic mass is 10.1. The fourth-order valence-electron chi connectivity index (χ4n) is 2.11. The summed E-state index contributed by atoms with van der Waals surface area (Å²) in [5, 5.41) is 4.71. The van der Waals surface area contributed by atoms with Gasteiger partial charge < -0.3 is 5.32 Å². The van der Waals surface area contributed by atoms with Gasteiger partial charge in [-0.15, -0.1) is 0 Å². The van der Waals surface area contributed by atoms with Crippen LogP contribution < -0.4 is 5.32 Å². The molecule has 0 radical (unpaired) electrons. The summed E-state index contributed by atoms with van der Waals surface area (Å²) in [6.07, 6.45) is 1.27. The molecular formula is C16H10BrFN2O. The van der Waals surface area contributed by atoms with Crippen LogP contribution in [0.1, 0.15) is 10.4 Å². The molecule has 0 spiro atoms. The maximum Gasteiger partial charge on any atom is 0.255 e. The van der Waals surface area contributed by atoms with E-state index in [1.165, 1.54) is 12.3 Å². The van der Waals surface area contributed by atoms with E-state index in [0.717, 1.165) is 21.3 Å². The average molecular weight is 345 g/mol. The Balaban J connectivity index is 1.99. The number of pyridine rings is 1. The molecule has 21 heavy (non-hydrogen) atoms. The number of nitrogens with zero attached hydrogens (tertiary/aromatic N) is 1. The number of halogens is 2. The van der Waals surface area contributed by atoms with Crippen LogP contribution in [0.25, 0.3) is 10.8 Å². The maximum absolute atomic E-state index is 13.1. The number of hydrogen-bond acceptors (Lipinski definition) is 2. The highest BCUT2D eigenvalue weighted by Crippen LogP contribution is 2.30. The second kappa shape index (κ2) is 5.61. The molecule has 0 aliphatic rings. The molecule has 1 N–H and O–H groups in total. The van der Waals surface area contributed by atoms with Crippen LogP contribution in [0.5, 0.6) is 0 Å². The minimum absolute atomic E-state index is 0.231. The lowest BCUT2D eigenvalue weighted by Crippen LogP contribution is -2.12. The molecule has 5 heteroatoms. The van der Waals surface area contributed by atoms with E-state index in [4.69, 9.17) is 0 Å². The molecule has 2 aromatic carbocycles. The van der Waals surface area contributed by atoms with Crippen molar-refractivity contribution in [3.63, 3.8) is 0 Å². The third-order valence-electron chi connectivity index (χ3n) is 3.11. The van der Waals surface area contributed by atoms with Crippen LogP contribution in [0.4, 0.5) is 10.1 Å². The lowest BCUT2D eigenvalue weighted by molar-refractivity contribution is 0.102. The van der Waals surface area contributed by atoms with Crippen LogP contribution in [0, 0.1) is 5.95 Å². The molecule has 0 saturated carbocycles. The second-order valence-electron chi connectivity index (χ2n) is 4.46. The Morgan fingerprint density at radius 2 is 1.86 bits per heavy atom. The van der Waals surface area contributed by atoms with Gasteiger partial charge in [0.25, 0.3) is 5.91 Å². The molecule has 3 nitrogen and oxygen atoms in total. The predicted molar refractivity (Wildman–Crippen MR) is 83.8 cm³/mol. The van der Waals surface area contributed by atoms with Crippen molar-refractivity contribution in [2.75, 3.05) is 5.32 Å². The zero-order valence-corrected chi connectivity index (χ0v) is 12.4. The molecule has 1 aromatic heterocycles. The molecule has 0 unspecified atom stereocenters. The van der Waals surface area contributed by atoms with Gasteiger partial charge in [0.1, 0.15) is 0 Å². The molecule has 0 bridgehead atoms. The van der Waals surface area contributed by atoms with Crippen molar-refractivity contribution in [3.05, 3.63) is 70.7 Å². The Kier molecular flexibility index (Phi) is 3.66. The van der Waals surface area contributed by atoms with Crippen LogP contribution in [-0.2, 0) is 0 Å². The normalized spacial score (nSPS) is 10.6. The highest BCUT2D eigenvalue weighted by atomic mass is 79.9. The van der Waals surface area contributed by atoms with E-state index in [-0.39, 0.29) is 11.5 Å². The summed E-state index contributed by atoms with van der Waals surface area (Å²) < 4.78 is 14.0. The molecule has 1 amide bonds. The van der Waals surface area contributed by atoms with Gasteiger partial charge in [0.15, 0.2) is 0 Å². The Morgan fingerprint density at radius 1 is 1.10 bits per heavy atom. The minimum Gasteiger partial charge on any atom is -0.321 e. The van der Waals surface area contributed by atoms with Crippen LogP contribution >= 0.6 is 15.9 Å². The van der Waals surface area contributed by atoms with E-state index in [1.54, 1.807) is 0 Å². The quantitative estimate of drug-likeness (QED) is 0.700. The standard InChI is InChI=1S/C16H10BrFN2O/c17-13-5-6-14(12-4-2-1-3-11(12)13)20-16(21)10-7-8-19-15(18)9-10/h1-9H,(H,20,21). The first-order valence-corrected chi connectivity index (χ1v) is 7.04. The summed E-state index contributed by atoms with van der Waals surface area (Å²) in [5.41, 5.74) is 0.908. The van der Waals surface area contributed by atoms with Crippen molar-refractivity contribution < 1.29 is 9.18 Å². The summed E-state index contributed by atoms with van der Waals surface area (Å²) >= 11 is 3.48. The molecule has 0 atom stereocenters. The number of hydrogen-bond donors (Lipinski definition) is 1. The van der Waals surface area contributed by atoms with E-state index in [9.17, 15) is 9.18 Å². The summed E-state index contributed by atoms with van der Waals surface area (Å²) in [5.74, 6) is -1.05. The van der Waals surface area contributed by atoms with E-state index in [1.807, 2.05) is 36.4 Å². The van der Waals surface area contributed by atoms with Gasteiger partial charge in [0.2, 0.25) is 5.95 Å². The SMILES string of the molecule is O=C(Nc1ccc(Br)c2ccccc12)c1ccnc(F)c1. The third kappa shape index (κ3) is 2.78. The van der Waals surface area contributed by atoms with Crippen LogP contribution in [0.15, 0.2) is 59.2 Å². The highest BCUT2D eigenvalue weighted by Gasteiger charge is 2.10. The summed E-state index contributed by atoms with van der Waals surface area (Å²) in [6.45, 7) is 0. The Labute approximate surface area is 128 Å². The Bertz CT molecular complexity index is 835. The van der Waals surface area contributed by atoms with Crippen molar-refractivity contribution in [1.82, 2.24) is 4.98 Å².